The Hall–Kier alpha value is -4.78. The van der Waals surface area contributed by atoms with Gasteiger partial charge in [0, 0.05) is 15.0 Å². The zero-order valence-electron chi connectivity index (χ0n) is 31.0. The van der Waals surface area contributed by atoms with Crippen LogP contribution >= 0.6 is 18.9 Å². The van der Waals surface area contributed by atoms with Crippen LogP contribution in [0.1, 0.15) is 38.9 Å². The van der Waals surface area contributed by atoms with Gasteiger partial charge in [-0.25, -0.2) is 0 Å². The summed E-state index contributed by atoms with van der Waals surface area (Å²) < 4.78 is 41.4. The molecule has 282 valence electrons. The normalized spacial score (nSPS) is 21.0. The second-order valence-corrected chi connectivity index (χ2v) is 14.4. The summed E-state index contributed by atoms with van der Waals surface area (Å²) in [7, 11) is 5.01. The molecule has 0 aliphatic carbocycles. The summed E-state index contributed by atoms with van der Waals surface area (Å²) in [6, 6.07) is 43.7. The van der Waals surface area contributed by atoms with Gasteiger partial charge in [0.1, 0.15) is 24.4 Å². The van der Waals surface area contributed by atoms with Crippen molar-refractivity contribution in [1.82, 2.24) is 4.34 Å². The van der Waals surface area contributed by atoms with Gasteiger partial charge in [-0.3, -0.25) is 0 Å². The smallest absolute Gasteiger partial charge is 0.222 e. The number of benzene rings is 5. The average molecular weight is 1030 g/mol. The van der Waals surface area contributed by atoms with E-state index in [-0.39, 0.29) is 33.0 Å². The van der Waals surface area contributed by atoms with Crippen molar-refractivity contribution < 1.29 is 33.3 Å². The van der Waals surface area contributed by atoms with Gasteiger partial charge in [-0.1, -0.05) is 150 Å². The molecule has 1 aromatic heterocycles. The largest absolute Gasteiger partial charge is 0.448 e. The molecule has 1 aliphatic rings. The molecule has 1 N–H and O–H groups in total. The van der Waals surface area contributed by atoms with Gasteiger partial charge in [-0.05, 0) is 27.8 Å². The quantitative estimate of drug-likeness (QED) is 0.0774. The van der Waals surface area contributed by atoms with Gasteiger partial charge < -0.3 is 37.7 Å². The third-order valence-electron chi connectivity index (χ3n) is 9.74. The van der Waals surface area contributed by atoms with Crippen molar-refractivity contribution in [3.8, 4) is 0 Å². The first-order chi connectivity index (χ1) is 26.4. The third kappa shape index (κ3) is 9.37. The number of hydrogen-bond acceptors (Lipinski definition) is 7. The number of aromatic nitrogens is 1. The molecule has 3 unspecified atom stereocenters. The number of aliphatic hydroxyl groups is 1. The molecule has 0 radical (unpaired) electrons. The fourth-order valence-corrected chi connectivity index (χ4v) is 7.63. The molecular weight excluding hydrogens is 983 g/mol. The fraction of sp³-hybridized carbons (Fsp3) is 0.273. The second-order valence-electron chi connectivity index (χ2n) is 13.5. The van der Waals surface area contributed by atoms with Crippen LogP contribution in [-0.2, 0) is 67.0 Å². The molecule has 7 rings (SSSR count). The average Bonchev–Trinajstić information content (AvgIpc) is 3.48. The van der Waals surface area contributed by atoms with Gasteiger partial charge in [-0.2, -0.15) is 5.39 Å². The third-order valence-corrected chi connectivity index (χ3v) is 10.3. The molecule has 1 saturated heterocycles. The topological polar surface area (TPSA) is 80.5 Å². The SMILES string of the molecule is Cc1[c-]n(P)c2cc(C3(O)O[C@H](COCc4ccccc4)[C@@H](OCc4ccccc4)[C@H](OCc4ccccc4)[C@H]3OCc3ccccc3)c(COP)cc12.[Rf]. The molecular formula is C44H46NO7P2Rf-. The van der Waals surface area contributed by atoms with E-state index >= 15 is 0 Å². The summed E-state index contributed by atoms with van der Waals surface area (Å²) in [5, 5.41) is 14.4. The van der Waals surface area contributed by atoms with E-state index in [2.05, 4.69) is 25.1 Å². The maximum atomic E-state index is 13.4. The standard InChI is InChI=1S/C44H46NO7P2.Rf/c1-31-24-45(53)39-23-38(36(29-51-54)22-37(31)39)44(46)43(50-28-35-20-12-5-13-21-35)42(49-27-34-18-10-4-11-19-34)41(48-26-33-16-8-3-9-17-33)40(52-44)30-47-25-32-14-6-2-7-15-32;/h2-23,40-43,46H,25-30,53-54H2,1H3;/q-1;/t40-,41-,42+,43-,44?;/m1./s1. The molecule has 0 spiro atoms. The van der Waals surface area contributed by atoms with Crippen LogP contribution in [0.3, 0.4) is 0 Å². The van der Waals surface area contributed by atoms with Crippen molar-refractivity contribution in [3.05, 3.63) is 179 Å². The summed E-state index contributed by atoms with van der Waals surface area (Å²) in [5.41, 5.74) is 6.95. The summed E-state index contributed by atoms with van der Waals surface area (Å²) in [5.74, 6) is -2.04. The van der Waals surface area contributed by atoms with Gasteiger partial charge in [-0.15, -0.1) is 17.1 Å². The van der Waals surface area contributed by atoms with E-state index in [1.54, 1.807) is 0 Å². The maximum Gasteiger partial charge on any atom is 0.222 e. The first-order valence-electron chi connectivity index (χ1n) is 18.1. The predicted octanol–water partition coefficient (Wildman–Crippen LogP) is 8.21. The van der Waals surface area contributed by atoms with Crippen LogP contribution in [0.25, 0.3) is 10.9 Å². The van der Waals surface area contributed by atoms with E-state index in [1.165, 1.54) is 0 Å². The molecule has 8 nitrogen and oxygen atoms in total. The minimum absolute atomic E-state index is 0. The minimum atomic E-state index is -2.04. The molecule has 1 aliphatic heterocycles. The van der Waals surface area contributed by atoms with Crippen molar-refractivity contribution in [2.45, 2.75) is 70.2 Å². The van der Waals surface area contributed by atoms with Crippen LogP contribution < -0.4 is 0 Å². The zero-order chi connectivity index (χ0) is 37.3. The number of ether oxygens (including phenoxy) is 5. The molecule has 0 bridgehead atoms. The van der Waals surface area contributed by atoms with Crippen molar-refractivity contribution in [2.24, 2.45) is 0 Å². The van der Waals surface area contributed by atoms with E-state index in [1.807, 2.05) is 145 Å². The first-order valence-corrected chi connectivity index (χ1v) is 19.0. The van der Waals surface area contributed by atoms with Gasteiger partial charge in [0.05, 0.1) is 39.6 Å². The number of nitrogens with zero attached hydrogens (tertiary/aromatic N) is 1. The van der Waals surface area contributed by atoms with E-state index in [0.29, 0.717) is 12.2 Å². The zero-order valence-corrected chi connectivity index (χ0v) is 39.7. The molecule has 0 saturated carbocycles. The van der Waals surface area contributed by atoms with Crippen LogP contribution in [0.4, 0.5) is 0 Å². The Bertz CT molecular complexity index is 2070. The molecule has 6 aromatic rings. The maximum absolute atomic E-state index is 13.4. The van der Waals surface area contributed by atoms with Crippen molar-refractivity contribution >= 4 is 29.8 Å². The fourth-order valence-electron chi connectivity index (χ4n) is 7.05. The Morgan fingerprint density at radius 1 is 0.691 bits per heavy atom. The molecule has 7 atom stereocenters. The van der Waals surface area contributed by atoms with Crippen LogP contribution in [0.15, 0.2) is 133 Å². The molecule has 11 heteroatoms. The van der Waals surface area contributed by atoms with Crippen LogP contribution in [0.2, 0.25) is 0 Å². The van der Waals surface area contributed by atoms with Gasteiger partial charge in [0.2, 0.25) is 5.79 Å². The number of hydrogen-bond donors (Lipinski definition) is 1. The van der Waals surface area contributed by atoms with Crippen LogP contribution in [-0.4, -0.2) is 40.5 Å². The molecule has 1 fully saturated rings. The number of rotatable bonds is 16. The monoisotopic (exact) mass is 1030 g/mol. The molecule has 5 aromatic carbocycles. The van der Waals surface area contributed by atoms with E-state index < -0.39 is 30.2 Å². The Kier molecular flexibility index (Phi) is 13.6. The van der Waals surface area contributed by atoms with Gasteiger partial charge in [0.25, 0.3) is 0 Å². The Labute approximate surface area is 321 Å². The minimum Gasteiger partial charge on any atom is -0.448 e. The second kappa shape index (κ2) is 18.7. The Morgan fingerprint density at radius 2 is 1.18 bits per heavy atom. The van der Waals surface area contributed by atoms with E-state index in [9.17, 15) is 5.11 Å². The van der Waals surface area contributed by atoms with Gasteiger partial charge >= 0.3 is 0 Å². The number of fused-ring (bicyclic) bond motifs is 1. The van der Waals surface area contributed by atoms with Crippen molar-refractivity contribution in [2.75, 3.05) is 6.61 Å². The Balaban J connectivity index is 0.00000514. The van der Waals surface area contributed by atoms with Crippen molar-refractivity contribution in [1.29, 1.82) is 0 Å². The first kappa shape index (κ1) is 39.9. The summed E-state index contributed by atoms with van der Waals surface area (Å²) in [4.78, 5) is 0. The molecule has 2 heterocycles. The summed E-state index contributed by atoms with van der Waals surface area (Å²) in [6.45, 7) is 3.37. The summed E-state index contributed by atoms with van der Waals surface area (Å²) in [6.07, 6.45) is -0.0375. The van der Waals surface area contributed by atoms with E-state index in [4.69, 9.17) is 28.2 Å². The van der Waals surface area contributed by atoms with Crippen LogP contribution in [0, 0.1) is 13.1 Å². The predicted molar refractivity (Wildman–Crippen MR) is 215 cm³/mol. The van der Waals surface area contributed by atoms with Gasteiger partial charge in [0.15, 0.2) is 0 Å². The van der Waals surface area contributed by atoms with E-state index in [0.717, 1.165) is 44.3 Å². The Morgan fingerprint density at radius 3 is 1.71 bits per heavy atom. The molecule has 55 heavy (non-hydrogen) atoms. The van der Waals surface area contributed by atoms with Crippen LogP contribution in [0.5, 0.6) is 0 Å². The van der Waals surface area contributed by atoms with Crippen molar-refractivity contribution in [3.63, 3.8) is 0 Å². The summed E-state index contributed by atoms with van der Waals surface area (Å²) >= 11 is 0. The number of aryl methyl sites for hydroxylation is 1. The molecule has 0 amide bonds.